The highest BCUT2D eigenvalue weighted by Gasteiger charge is 2.23. The Bertz CT molecular complexity index is 888. The Balaban J connectivity index is 1.75. The molecule has 0 radical (unpaired) electrons. The molecule has 0 aromatic heterocycles. The molecule has 1 amide bonds. The lowest BCUT2D eigenvalue weighted by atomic mass is 9.99. The molecule has 0 atom stereocenters. The molecule has 0 saturated carbocycles. The summed E-state index contributed by atoms with van der Waals surface area (Å²) in [5.74, 6) is -0.700. The average Bonchev–Trinajstić information content (AvgIpc) is 2.56. The van der Waals surface area contributed by atoms with Crippen molar-refractivity contribution in [2.45, 2.75) is 19.8 Å². The van der Waals surface area contributed by atoms with Gasteiger partial charge in [0.15, 0.2) is 0 Å². The number of rotatable bonds is 4. The number of nitrogens with zero attached hydrogens (tertiary/aromatic N) is 2. The molecule has 0 unspecified atom stereocenters. The fourth-order valence-corrected chi connectivity index (χ4v) is 3.39. The number of benzene rings is 2. The van der Waals surface area contributed by atoms with Crippen molar-refractivity contribution >= 4 is 34.6 Å². The number of anilines is 2. The maximum Gasteiger partial charge on any atom is 0.271 e. The van der Waals surface area contributed by atoms with Crippen LogP contribution in [0, 0.1) is 22.9 Å². The smallest absolute Gasteiger partial charge is 0.271 e. The number of nitrogens with one attached hydrogen (secondary N) is 1. The second-order valence-corrected chi connectivity index (χ2v) is 6.66. The molecule has 3 rings (SSSR count). The Morgan fingerprint density at radius 3 is 2.85 bits per heavy atom. The van der Waals surface area contributed by atoms with Crippen LogP contribution in [0.4, 0.5) is 21.5 Å². The molecule has 2 aromatic carbocycles. The molecule has 6 nitrogen and oxygen atoms in total. The number of carbonyl (C=O) groups is 1. The zero-order chi connectivity index (χ0) is 18.8. The van der Waals surface area contributed by atoms with Crippen LogP contribution in [0.15, 0.2) is 30.3 Å². The van der Waals surface area contributed by atoms with Gasteiger partial charge in [0.25, 0.3) is 5.69 Å². The van der Waals surface area contributed by atoms with Gasteiger partial charge in [-0.3, -0.25) is 14.9 Å². The van der Waals surface area contributed by atoms with Crippen LogP contribution in [0.5, 0.6) is 0 Å². The number of amides is 1. The lowest BCUT2D eigenvalue weighted by molar-refractivity contribution is -0.384. The highest BCUT2D eigenvalue weighted by Crippen LogP contribution is 2.31. The summed E-state index contributed by atoms with van der Waals surface area (Å²) in [6.07, 6.45) is 1.61. The summed E-state index contributed by atoms with van der Waals surface area (Å²) in [7, 11) is 0. The third kappa shape index (κ3) is 3.77. The Kier molecular flexibility index (Phi) is 5.08. The van der Waals surface area contributed by atoms with E-state index in [9.17, 15) is 19.3 Å². The Hall–Kier alpha value is -2.67. The molecule has 0 spiro atoms. The first-order valence-corrected chi connectivity index (χ1v) is 8.50. The Labute approximate surface area is 154 Å². The molecule has 0 aliphatic carbocycles. The molecule has 8 heteroatoms. The van der Waals surface area contributed by atoms with Crippen molar-refractivity contribution in [2.24, 2.45) is 0 Å². The van der Waals surface area contributed by atoms with Gasteiger partial charge in [-0.1, -0.05) is 17.7 Å². The number of hydrogen-bond acceptors (Lipinski definition) is 4. The summed E-state index contributed by atoms with van der Waals surface area (Å²) in [5.41, 5.74) is 2.34. The van der Waals surface area contributed by atoms with E-state index >= 15 is 0 Å². The first kappa shape index (κ1) is 18.1. The van der Waals surface area contributed by atoms with Crippen LogP contribution >= 0.6 is 11.6 Å². The average molecular weight is 378 g/mol. The molecule has 0 saturated heterocycles. The van der Waals surface area contributed by atoms with Gasteiger partial charge in [-0.25, -0.2) is 4.39 Å². The van der Waals surface area contributed by atoms with Gasteiger partial charge in [-0.15, -0.1) is 0 Å². The van der Waals surface area contributed by atoms with Gasteiger partial charge >= 0.3 is 0 Å². The fraction of sp³-hybridized carbons (Fsp3) is 0.278. The van der Waals surface area contributed by atoms with E-state index in [4.69, 9.17) is 11.6 Å². The minimum absolute atomic E-state index is 0.0275. The van der Waals surface area contributed by atoms with E-state index in [1.165, 1.54) is 24.3 Å². The number of nitro groups is 1. The molecular weight excluding hydrogens is 361 g/mol. The van der Waals surface area contributed by atoms with Crippen LogP contribution in [0.25, 0.3) is 0 Å². The largest absolute Gasteiger partial charge is 0.360 e. The van der Waals surface area contributed by atoms with Gasteiger partial charge in [0.2, 0.25) is 5.91 Å². The summed E-state index contributed by atoms with van der Waals surface area (Å²) in [6, 6.07) is 7.22. The second kappa shape index (κ2) is 7.29. The SMILES string of the molecule is Cc1cc(F)c2c(c1)CCCN2CC(=O)Nc1ccc([N+](=O)[O-])cc1Cl. The number of halogens is 2. The fourth-order valence-electron chi connectivity index (χ4n) is 3.16. The van der Waals surface area contributed by atoms with Crippen LogP contribution in [-0.2, 0) is 11.2 Å². The summed E-state index contributed by atoms with van der Waals surface area (Å²) < 4.78 is 14.4. The van der Waals surface area contributed by atoms with Crippen LogP contribution in [0.2, 0.25) is 5.02 Å². The van der Waals surface area contributed by atoms with Crippen LogP contribution in [-0.4, -0.2) is 23.9 Å². The number of nitro benzene ring substituents is 1. The van der Waals surface area contributed by atoms with E-state index in [0.29, 0.717) is 12.2 Å². The van der Waals surface area contributed by atoms with Crippen molar-refractivity contribution in [1.82, 2.24) is 0 Å². The highest BCUT2D eigenvalue weighted by molar-refractivity contribution is 6.34. The van der Waals surface area contributed by atoms with Crippen LogP contribution < -0.4 is 10.2 Å². The van der Waals surface area contributed by atoms with Crippen molar-refractivity contribution in [3.8, 4) is 0 Å². The molecule has 136 valence electrons. The second-order valence-electron chi connectivity index (χ2n) is 6.25. The standard InChI is InChI=1S/C18H17ClFN3O3/c1-11-7-12-3-2-6-22(18(12)15(20)8-11)10-17(24)21-16-5-4-13(23(25)26)9-14(16)19/h4-5,7-9H,2-3,6,10H2,1H3,(H,21,24). The molecule has 0 fully saturated rings. The molecular formula is C18H17ClFN3O3. The quantitative estimate of drug-likeness (QED) is 0.643. The third-order valence-electron chi connectivity index (χ3n) is 4.25. The monoisotopic (exact) mass is 377 g/mol. The van der Waals surface area contributed by atoms with E-state index in [0.717, 1.165) is 24.0 Å². The number of carbonyl (C=O) groups excluding carboxylic acids is 1. The lowest BCUT2D eigenvalue weighted by Gasteiger charge is -2.31. The van der Waals surface area contributed by atoms with E-state index in [-0.39, 0.29) is 34.7 Å². The molecule has 26 heavy (non-hydrogen) atoms. The summed E-state index contributed by atoms with van der Waals surface area (Å²) in [4.78, 5) is 24.3. The Morgan fingerprint density at radius 1 is 1.38 bits per heavy atom. The molecule has 1 N–H and O–H groups in total. The van der Waals surface area contributed by atoms with Crippen molar-refractivity contribution in [1.29, 1.82) is 0 Å². The van der Waals surface area contributed by atoms with Crippen molar-refractivity contribution in [2.75, 3.05) is 23.3 Å². The first-order chi connectivity index (χ1) is 12.3. The summed E-state index contributed by atoms with van der Waals surface area (Å²) in [5, 5.41) is 13.4. The minimum atomic E-state index is -0.563. The van der Waals surface area contributed by atoms with E-state index in [2.05, 4.69) is 5.32 Å². The number of non-ortho nitro benzene ring substituents is 1. The highest BCUT2D eigenvalue weighted by atomic mass is 35.5. The topological polar surface area (TPSA) is 75.5 Å². The third-order valence-corrected chi connectivity index (χ3v) is 4.56. The summed E-state index contributed by atoms with van der Waals surface area (Å²) in [6.45, 7) is 2.39. The van der Waals surface area contributed by atoms with Gasteiger partial charge < -0.3 is 10.2 Å². The van der Waals surface area contributed by atoms with Crippen molar-refractivity contribution < 1.29 is 14.1 Å². The van der Waals surface area contributed by atoms with E-state index in [1.54, 1.807) is 4.90 Å². The van der Waals surface area contributed by atoms with Crippen molar-refractivity contribution in [3.63, 3.8) is 0 Å². The first-order valence-electron chi connectivity index (χ1n) is 8.13. The minimum Gasteiger partial charge on any atom is -0.360 e. The Morgan fingerprint density at radius 2 is 2.15 bits per heavy atom. The van der Waals surface area contributed by atoms with E-state index in [1.807, 2.05) is 13.0 Å². The normalized spacial score (nSPS) is 13.3. The van der Waals surface area contributed by atoms with Crippen LogP contribution in [0.3, 0.4) is 0 Å². The van der Waals surface area contributed by atoms with Gasteiger partial charge in [0, 0.05) is 18.7 Å². The maximum atomic E-state index is 14.4. The van der Waals surface area contributed by atoms with Gasteiger partial charge in [-0.2, -0.15) is 0 Å². The van der Waals surface area contributed by atoms with Crippen LogP contribution in [0.1, 0.15) is 17.5 Å². The molecule has 1 aliphatic rings. The molecule has 1 aliphatic heterocycles. The predicted octanol–water partition coefficient (Wildman–Crippen LogP) is 4.09. The zero-order valence-electron chi connectivity index (χ0n) is 14.1. The number of hydrogen-bond donors (Lipinski definition) is 1. The predicted molar refractivity (Wildman–Crippen MR) is 98.4 cm³/mol. The molecule has 0 bridgehead atoms. The molecule has 2 aromatic rings. The van der Waals surface area contributed by atoms with Crippen molar-refractivity contribution in [3.05, 3.63) is 62.4 Å². The van der Waals surface area contributed by atoms with Gasteiger partial charge in [0.05, 0.1) is 27.9 Å². The summed E-state index contributed by atoms with van der Waals surface area (Å²) >= 11 is 5.99. The molecule has 1 heterocycles. The number of fused-ring (bicyclic) bond motifs is 1. The number of aryl methyl sites for hydroxylation is 2. The van der Waals surface area contributed by atoms with E-state index < -0.39 is 4.92 Å². The maximum absolute atomic E-state index is 14.4. The zero-order valence-corrected chi connectivity index (χ0v) is 14.8. The lowest BCUT2D eigenvalue weighted by Crippen LogP contribution is -2.37. The van der Waals surface area contributed by atoms with Gasteiger partial charge in [0.1, 0.15) is 5.82 Å². The van der Waals surface area contributed by atoms with Gasteiger partial charge in [-0.05, 0) is 43.0 Å².